The van der Waals surface area contributed by atoms with E-state index in [1.807, 2.05) is 6.07 Å². The molecule has 2 aromatic rings. The molecule has 1 saturated heterocycles. The second-order valence-corrected chi connectivity index (χ2v) is 6.84. The Morgan fingerprint density at radius 1 is 1.16 bits per heavy atom. The summed E-state index contributed by atoms with van der Waals surface area (Å²) in [5.74, 6) is 0.255. The van der Waals surface area contributed by atoms with E-state index in [1.165, 1.54) is 11.1 Å². The first-order valence-electron chi connectivity index (χ1n) is 9.14. The van der Waals surface area contributed by atoms with Crippen LogP contribution in [0.25, 0.3) is 0 Å². The Morgan fingerprint density at radius 3 is 2.64 bits per heavy atom. The van der Waals surface area contributed by atoms with Crippen LogP contribution in [0.1, 0.15) is 29.7 Å². The van der Waals surface area contributed by atoms with Gasteiger partial charge in [-0.2, -0.15) is 10.4 Å². The Morgan fingerprint density at radius 2 is 1.92 bits per heavy atom. The first-order valence-corrected chi connectivity index (χ1v) is 9.14. The van der Waals surface area contributed by atoms with Gasteiger partial charge in [-0.25, -0.2) is 0 Å². The van der Waals surface area contributed by atoms with Gasteiger partial charge in [0.1, 0.15) is 0 Å². The fourth-order valence-electron chi connectivity index (χ4n) is 3.31. The second kappa shape index (κ2) is 8.80. The zero-order chi connectivity index (χ0) is 17.5. The zero-order valence-corrected chi connectivity index (χ0v) is 15.0. The summed E-state index contributed by atoms with van der Waals surface area (Å²) in [6.07, 6.45) is 4.17. The number of hydrogen-bond acceptors (Lipinski definition) is 4. The molecule has 0 radical (unpaired) electrons. The standard InChI is InChI=1S/C20H27N5/c1-17-20(15-22-14-19-5-3-2-4-6-19)16-25(23-17)12-11-24-9-7-18(13-21)8-10-24/h2-6,16,18,22H,7-12,14-15H2,1H3. The van der Waals surface area contributed by atoms with Gasteiger partial charge in [0.05, 0.1) is 18.3 Å². The molecule has 0 amide bonds. The van der Waals surface area contributed by atoms with Crippen molar-refractivity contribution < 1.29 is 0 Å². The first-order chi connectivity index (χ1) is 12.2. The Hall–Kier alpha value is -2.16. The predicted octanol–water partition coefficient (Wildman–Crippen LogP) is 2.72. The van der Waals surface area contributed by atoms with E-state index in [-0.39, 0.29) is 5.92 Å². The molecule has 2 heterocycles. The maximum Gasteiger partial charge on any atom is 0.0656 e. The van der Waals surface area contributed by atoms with E-state index < -0.39 is 0 Å². The predicted molar refractivity (Wildman–Crippen MR) is 98.7 cm³/mol. The van der Waals surface area contributed by atoms with Crippen LogP contribution in [-0.2, 0) is 19.6 Å². The van der Waals surface area contributed by atoms with Crippen LogP contribution in [0.4, 0.5) is 0 Å². The Kier molecular flexibility index (Phi) is 6.21. The summed E-state index contributed by atoms with van der Waals surface area (Å²) >= 11 is 0. The third-order valence-corrected chi connectivity index (χ3v) is 4.95. The van der Waals surface area contributed by atoms with Crippen LogP contribution in [0.3, 0.4) is 0 Å². The summed E-state index contributed by atoms with van der Waals surface area (Å²) < 4.78 is 2.06. The monoisotopic (exact) mass is 337 g/mol. The van der Waals surface area contributed by atoms with E-state index in [1.54, 1.807) is 0 Å². The molecule has 1 fully saturated rings. The van der Waals surface area contributed by atoms with Gasteiger partial charge in [0.25, 0.3) is 0 Å². The summed E-state index contributed by atoms with van der Waals surface area (Å²) in [5, 5.41) is 17.1. The lowest BCUT2D eigenvalue weighted by Gasteiger charge is -2.28. The first kappa shape index (κ1) is 17.7. The summed E-state index contributed by atoms with van der Waals surface area (Å²) in [6, 6.07) is 12.8. The number of benzene rings is 1. The van der Waals surface area contributed by atoms with Gasteiger partial charge in [0.15, 0.2) is 0 Å². The van der Waals surface area contributed by atoms with Crippen molar-refractivity contribution in [1.82, 2.24) is 20.0 Å². The van der Waals surface area contributed by atoms with Crippen LogP contribution in [0.2, 0.25) is 0 Å². The second-order valence-electron chi connectivity index (χ2n) is 6.84. The van der Waals surface area contributed by atoms with Crippen molar-refractivity contribution in [3.8, 4) is 6.07 Å². The van der Waals surface area contributed by atoms with Crippen LogP contribution >= 0.6 is 0 Å². The van der Waals surface area contributed by atoms with Crippen molar-refractivity contribution in [2.75, 3.05) is 19.6 Å². The van der Waals surface area contributed by atoms with Gasteiger partial charge in [0.2, 0.25) is 0 Å². The van der Waals surface area contributed by atoms with Crippen molar-refractivity contribution in [2.45, 2.75) is 39.4 Å². The molecule has 1 N–H and O–H groups in total. The summed E-state index contributed by atoms with van der Waals surface area (Å²) in [7, 11) is 0. The van der Waals surface area contributed by atoms with Crippen molar-refractivity contribution in [2.24, 2.45) is 5.92 Å². The van der Waals surface area contributed by atoms with Gasteiger partial charge in [-0.05, 0) is 38.4 Å². The number of nitrogens with zero attached hydrogens (tertiary/aromatic N) is 4. The number of nitrogens with one attached hydrogen (secondary N) is 1. The van der Waals surface area contributed by atoms with Gasteiger partial charge in [-0.3, -0.25) is 4.68 Å². The highest BCUT2D eigenvalue weighted by Gasteiger charge is 2.18. The molecular weight excluding hydrogens is 310 g/mol. The van der Waals surface area contributed by atoms with Gasteiger partial charge in [-0.1, -0.05) is 30.3 Å². The van der Waals surface area contributed by atoms with E-state index in [2.05, 4.69) is 63.5 Å². The maximum absolute atomic E-state index is 8.97. The molecule has 0 aliphatic carbocycles. The molecule has 132 valence electrons. The van der Waals surface area contributed by atoms with Crippen LogP contribution in [0.15, 0.2) is 36.5 Å². The molecule has 5 nitrogen and oxygen atoms in total. The summed E-state index contributed by atoms with van der Waals surface area (Å²) in [6.45, 7) is 7.78. The quantitative estimate of drug-likeness (QED) is 0.844. The highest BCUT2D eigenvalue weighted by molar-refractivity contribution is 5.17. The maximum atomic E-state index is 8.97. The normalized spacial score (nSPS) is 16.0. The molecule has 0 unspecified atom stereocenters. The van der Waals surface area contributed by atoms with E-state index in [0.717, 1.165) is 57.8 Å². The van der Waals surface area contributed by atoms with Crippen LogP contribution in [-0.4, -0.2) is 34.3 Å². The van der Waals surface area contributed by atoms with Crippen molar-refractivity contribution >= 4 is 0 Å². The molecule has 5 heteroatoms. The average Bonchev–Trinajstić information content (AvgIpc) is 3.01. The van der Waals surface area contributed by atoms with Crippen molar-refractivity contribution in [1.29, 1.82) is 5.26 Å². The molecule has 25 heavy (non-hydrogen) atoms. The summed E-state index contributed by atoms with van der Waals surface area (Å²) in [4.78, 5) is 2.44. The fraction of sp³-hybridized carbons (Fsp3) is 0.500. The lowest BCUT2D eigenvalue weighted by atomic mass is 9.99. The van der Waals surface area contributed by atoms with Crippen LogP contribution in [0, 0.1) is 24.2 Å². The van der Waals surface area contributed by atoms with Crippen molar-refractivity contribution in [3.05, 3.63) is 53.3 Å². The minimum absolute atomic E-state index is 0.255. The SMILES string of the molecule is Cc1nn(CCN2CCC(C#N)CC2)cc1CNCc1ccccc1. The molecule has 1 aromatic carbocycles. The van der Waals surface area contributed by atoms with E-state index >= 15 is 0 Å². The third-order valence-electron chi connectivity index (χ3n) is 4.95. The lowest BCUT2D eigenvalue weighted by molar-refractivity contribution is 0.196. The Labute approximate surface area is 150 Å². The number of likely N-dealkylation sites (tertiary alicyclic amines) is 1. The van der Waals surface area contributed by atoms with E-state index in [0.29, 0.717) is 0 Å². The van der Waals surface area contributed by atoms with Gasteiger partial charge in [0, 0.05) is 37.3 Å². The Bertz CT molecular complexity index is 693. The third kappa shape index (κ3) is 5.15. The van der Waals surface area contributed by atoms with Gasteiger partial charge < -0.3 is 10.2 Å². The smallest absolute Gasteiger partial charge is 0.0656 e. The fourth-order valence-corrected chi connectivity index (χ4v) is 3.31. The molecule has 0 atom stereocenters. The lowest BCUT2D eigenvalue weighted by Crippen LogP contribution is -2.35. The molecule has 1 aromatic heterocycles. The van der Waals surface area contributed by atoms with Gasteiger partial charge in [-0.15, -0.1) is 0 Å². The van der Waals surface area contributed by atoms with Crippen LogP contribution in [0.5, 0.6) is 0 Å². The summed E-state index contributed by atoms with van der Waals surface area (Å²) in [5.41, 5.74) is 3.66. The zero-order valence-electron chi connectivity index (χ0n) is 15.0. The molecule has 0 bridgehead atoms. The molecular formula is C20H27N5. The topological polar surface area (TPSA) is 56.9 Å². The number of aromatic nitrogens is 2. The molecule has 1 aliphatic rings. The molecule has 0 spiro atoms. The van der Waals surface area contributed by atoms with Gasteiger partial charge >= 0.3 is 0 Å². The minimum Gasteiger partial charge on any atom is -0.308 e. The van der Waals surface area contributed by atoms with Crippen LogP contribution < -0.4 is 5.32 Å². The van der Waals surface area contributed by atoms with E-state index in [9.17, 15) is 0 Å². The molecule has 3 rings (SSSR count). The largest absolute Gasteiger partial charge is 0.308 e. The number of piperidine rings is 1. The number of rotatable bonds is 7. The number of hydrogen-bond donors (Lipinski definition) is 1. The van der Waals surface area contributed by atoms with E-state index in [4.69, 9.17) is 5.26 Å². The van der Waals surface area contributed by atoms with Crippen molar-refractivity contribution in [3.63, 3.8) is 0 Å². The Balaban J connectivity index is 1.43. The highest BCUT2D eigenvalue weighted by Crippen LogP contribution is 2.16. The molecule has 0 saturated carbocycles. The molecule has 1 aliphatic heterocycles. The average molecular weight is 337 g/mol. The highest BCUT2D eigenvalue weighted by atomic mass is 15.3. The number of nitriles is 1. The number of aryl methyl sites for hydroxylation is 1. The minimum atomic E-state index is 0.255.